The van der Waals surface area contributed by atoms with Crippen LogP contribution in [0.4, 0.5) is 0 Å². The van der Waals surface area contributed by atoms with Crippen LogP contribution in [-0.4, -0.2) is 31.2 Å². The molecular weight excluding hydrogens is 254 g/mol. The van der Waals surface area contributed by atoms with Crippen LogP contribution < -0.4 is 5.32 Å². The number of methoxy groups -OCH3 is 1. The molecule has 1 heterocycles. The van der Waals surface area contributed by atoms with Crippen LogP contribution in [0.15, 0.2) is 36.0 Å². The molecule has 20 heavy (non-hydrogen) atoms. The summed E-state index contributed by atoms with van der Waals surface area (Å²) in [6, 6.07) is 9.65. The molecular formula is C15H15N3O2. The molecule has 0 radical (unpaired) electrons. The fourth-order valence-electron chi connectivity index (χ4n) is 1.88. The van der Waals surface area contributed by atoms with Gasteiger partial charge in [-0.05, 0) is 12.1 Å². The molecule has 0 atom stereocenters. The number of H-pyrrole nitrogens is 1. The van der Waals surface area contributed by atoms with Crippen LogP contribution in [0.2, 0.25) is 0 Å². The smallest absolute Gasteiger partial charge is 0.262 e. The Morgan fingerprint density at radius 1 is 1.50 bits per heavy atom. The third-order valence-electron chi connectivity index (χ3n) is 2.88. The van der Waals surface area contributed by atoms with Crippen molar-refractivity contribution in [3.8, 4) is 6.07 Å². The van der Waals surface area contributed by atoms with Crippen molar-refractivity contribution in [1.82, 2.24) is 10.3 Å². The molecule has 1 aromatic heterocycles. The van der Waals surface area contributed by atoms with E-state index in [0.717, 1.165) is 16.5 Å². The lowest BCUT2D eigenvalue weighted by Crippen LogP contribution is -2.27. The highest BCUT2D eigenvalue weighted by molar-refractivity contribution is 6.03. The van der Waals surface area contributed by atoms with Gasteiger partial charge in [0.05, 0.1) is 6.61 Å². The number of nitriles is 1. The number of nitrogens with one attached hydrogen (secondary N) is 2. The van der Waals surface area contributed by atoms with Crippen molar-refractivity contribution in [3.63, 3.8) is 0 Å². The van der Waals surface area contributed by atoms with Gasteiger partial charge in [-0.3, -0.25) is 4.79 Å². The number of hydrogen-bond donors (Lipinski definition) is 2. The minimum atomic E-state index is -0.394. The van der Waals surface area contributed by atoms with Crippen LogP contribution in [0.3, 0.4) is 0 Å². The van der Waals surface area contributed by atoms with Gasteiger partial charge in [-0.1, -0.05) is 18.2 Å². The van der Waals surface area contributed by atoms with Gasteiger partial charge in [-0.25, -0.2) is 0 Å². The Balaban J connectivity index is 2.23. The van der Waals surface area contributed by atoms with Crippen LogP contribution in [0.5, 0.6) is 0 Å². The van der Waals surface area contributed by atoms with E-state index < -0.39 is 5.91 Å². The molecule has 0 fully saturated rings. The minimum absolute atomic E-state index is 0.0749. The first-order valence-corrected chi connectivity index (χ1v) is 6.21. The molecule has 0 saturated carbocycles. The second-order valence-corrected chi connectivity index (χ2v) is 4.21. The Morgan fingerprint density at radius 3 is 3.05 bits per heavy atom. The van der Waals surface area contributed by atoms with E-state index in [2.05, 4.69) is 10.3 Å². The average molecular weight is 269 g/mol. The number of aromatic amines is 1. The van der Waals surface area contributed by atoms with E-state index in [1.807, 2.05) is 30.3 Å². The zero-order valence-corrected chi connectivity index (χ0v) is 11.1. The van der Waals surface area contributed by atoms with E-state index in [-0.39, 0.29) is 5.57 Å². The predicted molar refractivity (Wildman–Crippen MR) is 76.8 cm³/mol. The van der Waals surface area contributed by atoms with Gasteiger partial charge in [-0.2, -0.15) is 5.26 Å². The Kier molecular flexibility index (Phi) is 4.53. The Labute approximate surface area is 116 Å². The Hall–Kier alpha value is -2.58. The van der Waals surface area contributed by atoms with Gasteiger partial charge in [0.2, 0.25) is 0 Å². The zero-order valence-electron chi connectivity index (χ0n) is 11.1. The van der Waals surface area contributed by atoms with Crippen molar-refractivity contribution in [1.29, 1.82) is 5.26 Å². The number of para-hydroxylation sites is 1. The van der Waals surface area contributed by atoms with Crippen molar-refractivity contribution < 1.29 is 9.53 Å². The lowest BCUT2D eigenvalue weighted by atomic mass is 10.1. The molecule has 2 rings (SSSR count). The molecule has 0 unspecified atom stereocenters. The van der Waals surface area contributed by atoms with E-state index in [1.54, 1.807) is 19.4 Å². The summed E-state index contributed by atoms with van der Waals surface area (Å²) in [4.78, 5) is 14.9. The summed E-state index contributed by atoms with van der Waals surface area (Å²) in [7, 11) is 1.55. The third kappa shape index (κ3) is 3.05. The lowest BCUT2D eigenvalue weighted by molar-refractivity contribution is -0.117. The quantitative estimate of drug-likeness (QED) is 0.494. The van der Waals surface area contributed by atoms with E-state index in [1.165, 1.54) is 0 Å². The van der Waals surface area contributed by atoms with Crippen LogP contribution in [0.1, 0.15) is 5.56 Å². The number of aromatic nitrogens is 1. The first-order valence-electron chi connectivity index (χ1n) is 6.21. The standard InChI is InChI=1S/C15H15N3O2/c1-20-7-6-17-15(19)11(9-16)8-12-10-18-14-5-3-2-4-13(12)14/h2-5,8,10,18H,6-7H2,1H3,(H,17,19)/b11-8+. The number of carbonyl (C=O) groups is 1. The van der Waals surface area contributed by atoms with Gasteiger partial charge in [0.25, 0.3) is 5.91 Å². The third-order valence-corrected chi connectivity index (χ3v) is 2.88. The second kappa shape index (κ2) is 6.55. The average Bonchev–Trinajstić information content (AvgIpc) is 2.88. The maximum absolute atomic E-state index is 11.8. The highest BCUT2D eigenvalue weighted by Crippen LogP contribution is 2.20. The van der Waals surface area contributed by atoms with Crippen molar-refractivity contribution in [2.75, 3.05) is 20.3 Å². The van der Waals surface area contributed by atoms with Crippen molar-refractivity contribution in [2.24, 2.45) is 0 Å². The van der Waals surface area contributed by atoms with E-state index >= 15 is 0 Å². The zero-order chi connectivity index (χ0) is 14.4. The van der Waals surface area contributed by atoms with Crippen LogP contribution in [-0.2, 0) is 9.53 Å². The first kappa shape index (κ1) is 13.8. The summed E-state index contributed by atoms with van der Waals surface area (Å²) in [6.45, 7) is 0.791. The highest BCUT2D eigenvalue weighted by atomic mass is 16.5. The summed E-state index contributed by atoms with van der Waals surface area (Å²) < 4.78 is 4.85. The minimum Gasteiger partial charge on any atom is -0.383 e. The maximum atomic E-state index is 11.8. The van der Waals surface area contributed by atoms with E-state index in [0.29, 0.717) is 13.2 Å². The Bertz CT molecular complexity index is 680. The number of carbonyl (C=O) groups excluding carboxylic acids is 1. The summed E-state index contributed by atoms with van der Waals surface area (Å²) in [5, 5.41) is 12.7. The molecule has 2 N–H and O–H groups in total. The molecule has 0 aliphatic rings. The normalized spacial score (nSPS) is 11.3. The van der Waals surface area contributed by atoms with Gasteiger partial charge in [0.15, 0.2) is 0 Å². The van der Waals surface area contributed by atoms with E-state index in [4.69, 9.17) is 10.00 Å². The molecule has 0 spiro atoms. The summed E-state index contributed by atoms with van der Waals surface area (Å²) in [6.07, 6.45) is 3.37. The predicted octanol–water partition coefficient (Wildman–Crippen LogP) is 1.84. The second-order valence-electron chi connectivity index (χ2n) is 4.21. The molecule has 1 amide bonds. The number of hydrogen-bond acceptors (Lipinski definition) is 3. The van der Waals surface area contributed by atoms with Crippen molar-refractivity contribution in [2.45, 2.75) is 0 Å². The molecule has 1 aromatic carbocycles. The number of benzene rings is 1. The lowest BCUT2D eigenvalue weighted by Gasteiger charge is -2.02. The van der Waals surface area contributed by atoms with Gasteiger partial charge >= 0.3 is 0 Å². The molecule has 5 heteroatoms. The SMILES string of the molecule is COCCNC(=O)/C(C#N)=C/c1c[nH]c2ccccc12. The number of fused-ring (bicyclic) bond motifs is 1. The summed E-state index contributed by atoms with van der Waals surface area (Å²) >= 11 is 0. The van der Waals surface area contributed by atoms with Crippen LogP contribution in [0.25, 0.3) is 17.0 Å². The number of nitrogens with zero attached hydrogens (tertiary/aromatic N) is 1. The van der Waals surface area contributed by atoms with Crippen LogP contribution in [0, 0.1) is 11.3 Å². The largest absolute Gasteiger partial charge is 0.383 e. The number of ether oxygens (including phenoxy) is 1. The number of rotatable bonds is 5. The molecule has 5 nitrogen and oxygen atoms in total. The van der Waals surface area contributed by atoms with Gasteiger partial charge in [0.1, 0.15) is 11.6 Å². The van der Waals surface area contributed by atoms with Crippen LogP contribution >= 0.6 is 0 Å². The van der Waals surface area contributed by atoms with Crippen molar-refractivity contribution in [3.05, 3.63) is 41.6 Å². The van der Waals surface area contributed by atoms with Gasteiger partial charge in [0, 0.05) is 36.3 Å². The van der Waals surface area contributed by atoms with Gasteiger partial charge < -0.3 is 15.0 Å². The monoisotopic (exact) mass is 269 g/mol. The Morgan fingerprint density at radius 2 is 2.30 bits per heavy atom. The van der Waals surface area contributed by atoms with E-state index in [9.17, 15) is 4.79 Å². The van der Waals surface area contributed by atoms with Crippen molar-refractivity contribution >= 4 is 22.9 Å². The molecule has 0 saturated heterocycles. The summed E-state index contributed by atoms with van der Waals surface area (Å²) in [5.74, 6) is -0.394. The molecule has 102 valence electrons. The fourth-order valence-corrected chi connectivity index (χ4v) is 1.88. The number of amides is 1. The summed E-state index contributed by atoms with van der Waals surface area (Å²) in [5.41, 5.74) is 1.86. The molecule has 2 aromatic rings. The first-order chi connectivity index (χ1) is 9.76. The molecule has 0 aliphatic heterocycles. The topological polar surface area (TPSA) is 77.9 Å². The highest BCUT2D eigenvalue weighted by Gasteiger charge is 2.09. The van der Waals surface area contributed by atoms with Gasteiger partial charge in [-0.15, -0.1) is 0 Å². The fraction of sp³-hybridized carbons (Fsp3) is 0.200. The molecule has 0 bridgehead atoms. The maximum Gasteiger partial charge on any atom is 0.262 e. The molecule has 0 aliphatic carbocycles.